The first-order valence-corrected chi connectivity index (χ1v) is 40.7. The lowest BCUT2D eigenvalue weighted by Crippen LogP contribution is -2.01. The van der Waals surface area contributed by atoms with E-state index >= 15 is 0 Å². The van der Waals surface area contributed by atoms with Crippen LogP contribution in [0.3, 0.4) is 0 Å². The fourth-order valence-electron chi connectivity index (χ4n) is 12.3. The highest BCUT2D eigenvalue weighted by Crippen LogP contribution is 2.32. The van der Waals surface area contributed by atoms with Crippen molar-refractivity contribution in [3.63, 3.8) is 0 Å². The Labute approximate surface area is 752 Å². The minimum absolute atomic E-state index is 0.00594. The molecule has 0 atom stereocenters. The Morgan fingerprint density at radius 2 is 0.892 bits per heavy atom. The number of thiophene rings is 1. The van der Waals surface area contributed by atoms with E-state index in [0.717, 1.165) is 112 Å². The molecule has 0 amide bonds. The van der Waals surface area contributed by atoms with E-state index in [2.05, 4.69) is 0 Å². The van der Waals surface area contributed by atoms with Crippen molar-refractivity contribution in [2.24, 2.45) is 0 Å². The van der Waals surface area contributed by atoms with Gasteiger partial charge in [-0.05, 0) is 187 Å². The largest absolute Gasteiger partial charge is 0.497 e. The summed E-state index contributed by atoms with van der Waals surface area (Å²) in [4.78, 5) is 94.9. The van der Waals surface area contributed by atoms with E-state index < -0.39 is 59.5 Å². The Morgan fingerprint density at radius 3 is 1.49 bits per heavy atom. The molecule has 0 unspecified atom stereocenters. The fraction of sp³-hybridized carbons (Fsp3) is 0.0673. The van der Waals surface area contributed by atoms with Crippen LogP contribution in [0.1, 0.15) is 81.7 Å². The highest BCUT2D eigenvalue weighted by molar-refractivity contribution is 7.20. The molecule has 0 spiro atoms. The molecule has 23 nitrogen and oxygen atoms in total. The van der Waals surface area contributed by atoms with Crippen LogP contribution in [0.2, 0.25) is 5.02 Å². The molecule has 13 aromatic carbocycles. The molecule has 17 rings (SSSR count). The van der Waals surface area contributed by atoms with Gasteiger partial charge in [0, 0.05) is 33.2 Å². The molecule has 0 saturated carbocycles. The third-order valence-corrected chi connectivity index (χ3v) is 19.7. The van der Waals surface area contributed by atoms with Gasteiger partial charge in [0.15, 0.2) is 0 Å². The predicted molar refractivity (Wildman–Crippen MR) is 497 cm³/mol. The topological polar surface area (TPSA) is 390 Å². The SMILES string of the molecule is COc1ccc2oc(C(=O)O)cc2c1.O=C(O)/C=C/c1c(F)cccc1Cl.O=C(O)/C=C/c1cccc2ccccc12.O=C(O)CC1=CCc2ccccc21.O=C(O)Cc1ccc(-c2ccccc2)cc1.O=C(O)Cc1cccc(OCc2ccccc2)c1.O=C(O)Cc1cccc(Oc2ccccc2)c1.O=C(O)c1cc2ccccc2o1.O=C(O)c1cc2ccccc2s1. The normalized spacial score (nSPS) is 10.6. The molecule has 0 bridgehead atoms. The highest BCUT2D eigenvalue weighted by Gasteiger charge is 2.17. The summed E-state index contributed by atoms with van der Waals surface area (Å²) < 4.78 is 40.3. The summed E-state index contributed by atoms with van der Waals surface area (Å²) in [5, 5.41) is 82.5. The minimum Gasteiger partial charge on any atom is -0.497 e. The molecule has 658 valence electrons. The highest BCUT2D eigenvalue weighted by atomic mass is 35.5. The van der Waals surface area contributed by atoms with Gasteiger partial charge in [0.1, 0.15) is 51.5 Å². The molecule has 3 aromatic heterocycles. The van der Waals surface area contributed by atoms with Crippen molar-refractivity contribution in [2.45, 2.75) is 38.7 Å². The van der Waals surface area contributed by atoms with Gasteiger partial charge in [-0.3, -0.25) is 19.2 Å². The molecule has 16 aromatic rings. The summed E-state index contributed by atoms with van der Waals surface area (Å²) >= 11 is 6.93. The molecule has 130 heavy (non-hydrogen) atoms. The van der Waals surface area contributed by atoms with Gasteiger partial charge in [0.05, 0.1) is 37.8 Å². The molecular formula is C104H84ClFO23S. The van der Waals surface area contributed by atoms with Gasteiger partial charge >= 0.3 is 53.7 Å². The average Bonchev–Trinajstić information content (AvgIpc) is 1.57. The summed E-state index contributed by atoms with van der Waals surface area (Å²) in [6.07, 6.45) is 7.84. The smallest absolute Gasteiger partial charge is 0.371 e. The summed E-state index contributed by atoms with van der Waals surface area (Å²) in [7, 11) is 1.55. The Bertz CT molecular complexity index is 6460. The van der Waals surface area contributed by atoms with Crippen molar-refractivity contribution in [2.75, 3.05) is 7.11 Å². The molecule has 0 saturated heterocycles. The number of methoxy groups -OCH3 is 1. The number of aromatic carboxylic acids is 3. The van der Waals surface area contributed by atoms with Crippen LogP contribution in [0.25, 0.3) is 71.6 Å². The van der Waals surface area contributed by atoms with Crippen LogP contribution in [-0.4, -0.2) is 107 Å². The molecular weight excluding hydrogens is 1700 g/mol. The number of carboxylic acids is 9. The van der Waals surface area contributed by atoms with Crippen molar-refractivity contribution in [3.05, 3.63) is 424 Å². The van der Waals surface area contributed by atoms with Crippen LogP contribution in [0, 0.1) is 5.82 Å². The minimum atomic E-state index is -1.14. The van der Waals surface area contributed by atoms with E-state index in [1.54, 1.807) is 92.0 Å². The van der Waals surface area contributed by atoms with Gasteiger partial charge in [-0.2, -0.15) is 0 Å². The summed E-state index contributed by atoms with van der Waals surface area (Å²) in [6, 6.07) is 102. The number of benzene rings is 13. The van der Waals surface area contributed by atoms with E-state index in [-0.39, 0.29) is 47.8 Å². The van der Waals surface area contributed by atoms with Crippen molar-refractivity contribution >= 4 is 137 Å². The number of rotatable bonds is 22. The fourth-order valence-corrected chi connectivity index (χ4v) is 13.4. The number of carboxylic acid groups (broad SMARTS) is 9. The lowest BCUT2D eigenvalue weighted by atomic mass is 10.0. The van der Waals surface area contributed by atoms with E-state index in [1.807, 2.05) is 231 Å². The van der Waals surface area contributed by atoms with Crippen LogP contribution < -0.4 is 14.2 Å². The summed E-state index contributed by atoms with van der Waals surface area (Å²) in [5.74, 6) is -6.13. The summed E-state index contributed by atoms with van der Waals surface area (Å²) in [5.41, 5.74) is 11.1. The number of halogens is 2. The van der Waals surface area contributed by atoms with Gasteiger partial charge < -0.3 is 69.0 Å². The van der Waals surface area contributed by atoms with Crippen LogP contribution in [-0.2, 0) is 61.1 Å². The number of para-hydroxylation sites is 2. The number of hydrogen-bond acceptors (Lipinski definition) is 15. The zero-order valence-electron chi connectivity index (χ0n) is 69.3. The van der Waals surface area contributed by atoms with Gasteiger partial charge in [-0.15, -0.1) is 11.3 Å². The number of hydrogen-bond donors (Lipinski definition) is 9. The van der Waals surface area contributed by atoms with Gasteiger partial charge in [0.2, 0.25) is 11.5 Å². The maximum Gasteiger partial charge on any atom is 0.371 e. The number of aliphatic carboxylic acids is 6. The maximum absolute atomic E-state index is 13.0. The standard InChI is InChI=1S/C15H14O3.C14H12O3.C14H12O2.C13H10O2.C11H10O2.C10H8O4.C9H6ClFO2.C9H6O3.C9H6O2S/c16-15(17)10-13-7-4-8-14(9-13)18-11-12-5-2-1-3-6-12;15-14(16)10-11-5-4-8-13(9-11)17-12-6-2-1-3-7-12;15-14(16)10-11-6-8-13(9-7-11)12-4-2-1-3-5-12;14-13(15)9-8-11-6-3-5-10-4-1-2-7-12(10)11;12-11(13)7-9-6-5-8-3-1-2-4-10(8)9;1-13-7-2-3-8-6(4-7)5-9(14-8)10(11)12;10-7-2-1-3-8(11)6(7)4-5-9(12)13;2*10-9(11)8-5-6-3-1-2-4-7(6)12-8/h1-9H,10-11H2,(H,16,17);1-9H,10H2,(H,15,16);1-9H,10H2,(H,15,16);1-9H,(H,14,15);1-4,6H,5,7H2,(H,12,13);2-5H,1H3,(H,11,12);1-5H,(H,12,13);2*1-5H,(H,10,11)/b;;;9-8+;;;5-4+;;. The number of fused-ring (bicyclic) bond motifs is 5. The Hall–Kier alpha value is -16.8. The van der Waals surface area contributed by atoms with Crippen LogP contribution >= 0.6 is 22.9 Å². The molecule has 1 aliphatic rings. The first-order valence-electron chi connectivity index (χ1n) is 39.5. The second kappa shape index (κ2) is 50.2. The second-order valence-electron chi connectivity index (χ2n) is 27.7. The second-order valence-corrected chi connectivity index (χ2v) is 29.2. The first-order chi connectivity index (χ1) is 62.6. The first kappa shape index (κ1) is 97.0. The molecule has 0 fully saturated rings. The molecule has 1 aliphatic carbocycles. The van der Waals surface area contributed by atoms with Crippen molar-refractivity contribution < 1.29 is 117 Å². The summed E-state index contributed by atoms with van der Waals surface area (Å²) in [6.45, 7) is 0.483. The zero-order valence-corrected chi connectivity index (χ0v) is 70.9. The van der Waals surface area contributed by atoms with E-state index in [9.17, 15) is 47.5 Å². The maximum atomic E-state index is 13.0. The lowest BCUT2D eigenvalue weighted by Gasteiger charge is -2.07. The van der Waals surface area contributed by atoms with E-state index in [0.29, 0.717) is 39.9 Å². The third kappa shape index (κ3) is 32.4. The quantitative estimate of drug-likeness (QED) is 0.0285. The lowest BCUT2D eigenvalue weighted by molar-refractivity contribution is -0.137. The molecule has 3 heterocycles. The van der Waals surface area contributed by atoms with E-state index in [1.165, 1.54) is 47.2 Å². The van der Waals surface area contributed by atoms with Gasteiger partial charge in [-0.1, -0.05) is 254 Å². The zero-order chi connectivity index (χ0) is 93.3. The number of furan rings is 2. The Kier molecular flexibility index (Phi) is 37.5. The monoisotopic (exact) mass is 1790 g/mol. The van der Waals surface area contributed by atoms with Crippen molar-refractivity contribution in [1.29, 1.82) is 0 Å². The Balaban J connectivity index is 0.000000165. The van der Waals surface area contributed by atoms with Crippen molar-refractivity contribution in [3.8, 4) is 34.1 Å². The molecule has 9 N–H and O–H groups in total. The van der Waals surface area contributed by atoms with Crippen LogP contribution in [0.5, 0.6) is 23.0 Å². The Morgan fingerprint density at radius 1 is 0.400 bits per heavy atom. The van der Waals surface area contributed by atoms with E-state index in [4.69, 9.17) is 80.6 Å². The van der Waals surface area contributed by atoms with Crippen molar-refractivity contribution in [1.82, 2.24) is 0 Å². The average molecular weight is 1790 g/mol. The van der Waals surface area contributed by atoms with Gasteiger partial charge in [-0.25, -0.2) is 28.4 Å². The van der Waals surface area contributed by atoms with Crippen LogP contribution in [0.15, 0.2) is 361 Å². The molecule has 26 heteroatoms. The van der Waals surface area contributed by atoms with Gasteiger partial charge in [0.25, 0.3) is 0 Å². The number of allylic oxidation sites excluding steroid dienone is 1. The van der Waals surface area contributed by atoms with Crippen LogP contribution in [0.4, 0.5) is 4.39 Å². The number of ether oxygens (including phenoxy) is 3. The number of carbonyl (C=O) groups is 9. The molecule has 0 aliphatic heterocycles. The predicted octanol–water partition coefficient (Wildman–Crippen LogP) is 23.5. The third-order valence-electron chi connectivity index (χ3n) is 18.3. The molecule has 0 radical (unpaired) electrons.